The molecule has 0 aromatic heterocycles. The van der Waals surface area contributed by atoms with E-state index < -0.39 is 0 Å². The zero-order chi connectivity index (χ0) is 14.8. The van der Waals surface area contributed by atoms with E-state index in [0.29, 0.717) is 0 Å². The van der Waals surface area contributed by atoms with Crippen molar-refractivity contribution in [2.75, 3.05) is 22.9 Å². The van der Waals surface area contributed by atoms with Crippen LogP contribution in [0, 0.1) is 13.8 Å². The van der Waals surface area contributed by atoms with E-state index in [1.807, 2.05) is 0 Å². The number of aryl methyl sites for hydroxylation is 2. The van der Waals surface area contributed by atoms with Crippen molar-refractivity contribution < 1.29 is 12.7 Å². The van der Waals surface area contributed by atoms with Crippen LogP contribution < -0.4 is 9.80 Å². The summed E-state index contributed by atoms with van der Waals surface area (Å²) in [5.74, 6) is 0. The van der Waals surface area contributed by atoms with E-state index in [2.05, 4.69) is 86.3 Å². The average molecular weight is 394 g/mol. The molecule has 0 bridgehead atoms. The normalized spacial score (nSPS) is 15.1. The topological polar surface area (TPSA) is 6.48 Å². The summed E-state index contributed by atoms with van der Waals surface area (Å²) in [5.41, 5.74) is 5.18. The van der Waals surface area contributed by atoms with E-state index in [1.165, 1.54) is 27.2 Å². The molecule has 21 heavy (non-hydrogen) atoms. The van der Waals surface area contributed by atoms with Crippen molar-refractivity contribution in [2.45, 2.75) is 13.8 Å². The van der Waals surface area contributed by atoms with Gasteiger partial charge in [-0.1, -0.05) is 0 Å². The molecule has 0 spiro atoms. The molecule has 1 aliphatic rings. The van der Waals surface area contributed by atoms with Crippen LogP contribution in [0.15, 0.2) is 48.5 Å². The number of anilines is 2. The van der Waals surface area contributed by atoms with E-state index in [-0.39, 0.29) is 0 Å². The Hall–Kier alpha value is -1.09. The van der Waals surface area contributed by atoms with Gasteiger partial charge >= 0.3 is 139 Å². The molecule has 1 heterocycles. The Bertz CT molecular complexity index is 628. The second-order valence-corrected chi connectivity index (χ2v) is 6.75. The third-order valence-electron chi connectivity index (χ3n) is 3.81. The zero-order valence-corrected chi connectivity index (χ0v) is 14.6. The Labute approximate surface area is 139 Å². The molecule has 0 saturated carbocycles. The Balaban J connectivity index is 1.99. The van der Waals surface area contributed by atoms with Crippen molar-refractivity contribution in [2.24, 2.45) is 0 Å². The van der Waals surface area contributed by atoms with E-state index in [4.69, 9.17) is 0 Å². The fourth-order valence-electron chi connectivity index (χ4n) is 2.73. The van der Waals surface area contributed by atoms with Crippen molar-refractivity contribution in [1.29, 1.82) is 0 Å². The van der Waals surface area contributed by atoms with Gasteiger partial charge < -0.3 is 0 Å². The average Bonchev–Trinajstić information content (AvgIpc) is 2.91. The molecule has 1 aliphatic heterocycles. The summed E-state index contributed by atoms with van der Waals surface area (Å²) in [4.78, 5) is 4.77. The fraction of sp³-hybridized carbons (Fsp3) is 0.235. The zero-order valence-electron chi connectivity index (χ0n) is 12.1. The summed E-state index contributed by atoms with van der Waals surface area (Å²) in [5, 5.41) is 0. The van der Waals surface area contributed by atoms with Crippen molar-refractivity contribution >= 4 is 30.2 Å². The number of hydrogen-bond donors (Lipinski definition) is 0. The predicted octanol–water partition coefficient (Wildman–Crippen LogP) is 4.11. The third-order valence-corrected chi connectivity index (χ3v) is 5.36. The van der Waals surface area contributed by atoms with Gasteiger partial charge in [0.25, 0.3) is 0 Å². The van der Waals surface area contributed by atoms with Crippen LogP contribution in [0.2, 0.25) is 0 Å². The van der Waals surface area contributed by atoms with Gasteiger partial charge in [0, 0.05) is 0 Å². The van der Waals surface area contributed by atoms with Crippen molar-refractivity contribution in [3.63, 3.8) is 0 Å². The number of para-hydroxylation sites is 2. The molecule has 1 saturated heterocycles. The van der Waals surface area contributed by atoms with Crippen molar-refractivity contribution in [3.8, 4) is 0 Å². The van der Waals surface area contributed by atoms with Crippen LogP contribution in [0.5, 0.6) is 0 Å². The molecular weight excluding hydrogens is 376 g/mol. The number of benzene rings is 2. The Morgan fingerprint density at radius 1 is 0.810 bits per heavy atom. The SMILES string of the molecule is Cc1ccccc1N1CCN(c2ccccc2C)[C]1=[Cu][Br]. The summed E-state index contributed by atoms with van der Waals surface area (Å²) in [6.45, 7) is 6.34. The maximum absolute atomic E-state index is 3.59. The standard InChI is InChI=1S/C17H18N2.BrH.Cu/c1-14-7-3-5-9-16(14)18-11-12-19(13-18)17-10-6-4-8-15(17)2;;/h3-10H,11-12H2,1-2H3;1H;/q;;+1/p-1. The van der Waals surface area contributed by atoms with Crippen LogP contribution in [0.4, 0.5) is 11.4 Å². The molecule has 0 unspecified atom stereocenters. The number of nitrogens with zero attached hydrogens (tertiary/aromatic N) is 2. The number of halogens is 1. The van der Waals surface area contributed by atoms with E-state index in [0.717, 1.165) is 13.1 Å². The van der Waals surface area contributed by atoms with E-state index in [9.17, 15) is 0 Å². The molecule has 3 rings (SSSR count). The molecule has 0 amide bonds. The van der Waals surface area contributed by atoms with Crippen LogP contribution in [0.25, 0.3) is 0 Å². The van der Waals surface area contributed by atoms with Crippen LogP contribution in [-0.2, 0) is 12.7 Å². The first-order chi connectivity index (χ1) is 10.2. The van der Waals surface area contributed by atoms with Gasteiger partial charge in [-0.25, -0.2) is 0 Å². The molecule has 1 fully saturated rings. The van der Waals surface area contributed by atoms with Gasteiger partial charge in [-0.05, 0) is 0 Å². The summed E-state index contributed by atoms with van der Waals surface area (Å²) in [7, 11) is 0. The van der Waals surface area contributed by atoms with Gasteiger partial charge in [0.1, 0.15) is 0 Å². The molecule has 0 radical (unpaired) electrons. The molecule has 0 aliphatic carbocycles. The molecule has 0 atom stereocenters. The van der Waals surface area contributed by atoms with Crippen LogP contribution >= 0.6 is 14.1 Å². The summed E-state index contributed by atoms with van der Waals surface area (Å²) >= 11 is 5.32. The quantitative estimate of drug-likeness (QED) is 0.708. The van der Waals surface area contributed by atoms with Gasteiger partial charge in [0.15, 0.2) is 0 Å². The van der Waals surface area contributed by atoms with E-state index >= 15 is 0 Å². The monoisotopic (exact) mass is 392 g/mol. The first-order valence-corrected chi connectivity index (χ1v) is 9.74. The minimum absolute atomic E-state index is 1.00. The van der Waals surface area contributed by atoms with Gasteiger partial charge in [-0.3, -0.25) is 0 Å². The molecule has 2 nitrogen and oxygen atoms in total. The summed E-state index contributed by atoms with van der Waals surface area (Å²) in [6, 6.07) is 17.1. The summed E-state index contributed by atoms with van der Waals surface area (Å²) < 4.78 is 1.22. The maximum atomic E-state index is 3.59. The van der Waals surface area contributed by atoms with Gasteiger partial charge in [0.05, 0.1) is 0 Å². The molecule has 2 aromatic rings. The first-order valence-electron chi connectivity index (χ1n) is 6.95. The van der Waals surface area contributed by atoms with Crippen LogP contribution in [0.1, 0.15) is 11.1 Å². The van der Waals surface area contributed by atoms with Gasteiger partial charge in [-0.15, -0.1) is 0 Å². The molecule has 2 aromatic carbocycles. The van der Waals surface area contributed by atoms with E-state index in [1.54, 1.807) is 12.7 Å². The second kappa shape index (κ2) is 6.35. The Kier molecular flexibility index (Phi) is 4.48. The minimum atomic E-state index is 1.00. The van der Waals surface area contributed by atoms with Crippen molar-refractivity contribution in [3.05, 3.63) is 59.7 Å². The van der Waals surface area contributed by atoms with Crippen LogP contribution in [-0.4, -0.2) is 17.8 Å². The Morgan fingerprint density at radius 3 is 1.62 bits per heavy atom. The Morgan fingerprint density at radius 2 is 1.24 bits per heavy atom. The second-order valence-electron chi connectivity index (χ2n) is 5.17. The first kappa shape index (κ1) is 14.8. The third kappa shape index (κ3) is 2.80. The van der Waals surface area contributed by atoms with Gasteiger partial charge in [-0.2, -0.15) is 0 Å². The summed E-state index contributed by atoms with van der Waals surface area (Å²) in [6.07, 6.45) is 0. The molecule has 4 heteroatoms. The van der Waals surface area contributed by atoms with Crippen LogP contribution in [0.3, 0.4) is 0 Å². The predicted molar refractivity (Wildman–Crippen MR) is 91.0 cm³/mol. The number of rotatable bonds is 2. The van der Waals surface area contributed by atoms with Gasteiger partial charge in [0.2, 0.25) is 0 Å². The molecular formula is C17H18BrCuN2. The molecule has 0 N–H and O–H groups in total. The fourth-order valence-corrected chi connectivity index (χ4v) is 4.42. The molecule has 114 valence electrons. The van der Waals surface area contributed by atoms with Crippen molar-refractivity contribution in [1.82, 2.24) is 0 Å². The number of hydrogen-bond acceptors (Lipinski definition) is 2.